The molecule has 0 saturated carbocycles. The number of amides is 3. The largest absolute Gasteiger partial charge is 0.392 e. The SMILES string of the molecule is CCN(C)C(=O)N(CC(N)=O)CC(C)O. The number of urea groups is 1. The molecular formula is C9H19N3O3. The Hall–Kier alpha value is -1.30. The summed E-state index contributed by atoms with van der Waals surface area (Å²) >= 11 is 0. The zero-order chi connectivity index (χ0) is 12.0. The highest BCUT2D eigenvalue weighted by Crippen LogP contribution is 1.98. The molecule has 0 aliphatic heterocycles. The van der Waals surface area contributed by atoms with E-state index in [0.29, 0.717) is 6.54 Å². The molecule has 88 valence electrons. The second-order valence-electron chi connectivity index (χ2n) is 3.49. The second-order valence-corrected chi connectivity index (χ2v) is 3.49. The smallest absolute Gasteiger partial charge is 0.320 e. The monoisotopic (exact) mass is 217 g/mol. The van der Waals surface area contributed by atoms with E-state index in [1.807, 2.05) is 6.92 Å². The molecule has 1 unspecified atom stereocenters. The van der Waals surface area contributed by atoms with Gasteiger partial charge in [0, 0.05) is 20.1 Å². The van der Waals surface area contributed by atoms with Gasteiger partial charge >= 0.3 is 6.03 Å². The molecule has 0 aromatic rings. The Bertz CT molecular complexity index is 231. The van der Waals surface area contributed by atoms with E-state index >= 15 is 0 Å². The van der Waals surface area contributed by atoms with E-state index in [2.05, 4.69) is 0 Å². The third kappa shape index (κ3) is 5.21. The zero-order valence-corrected chi connectivity index (χ0v) is 9.43. The Balaban J connectivity index is 4.47. The van der Waals surface area contributed by atoms with Gasteiger partial charge in [-0.1, -0.05) is 0 Å². The maximum absolute atomic E-state index is 11.7. The first-order chi connectivity index (χ1) is 6.88. The van der Waals surface area contributed by atoms with E-state index in [4.69, 9.17) is 5.73 Å². The van der Waals surface area contributed by atoms with Crippen LogP contribution in [0.1, 0.15) is 13.8 Å². The highest BCUT2D eigenvalue weighted by molar-refractivity contribution is 5.82. The summed E-state index contributed by atoms with van der Waals surface area (Å²) in [6.07, 6.45) is -0.682. The minimum atomic E-state index is -0.682. The molecule has 0 aromatic carbocycles. The summed E-state index contributed by atoms with van der Waals surface area (Å²) in [5, 5.41) is 9.17. The van der Waals surface area contributed by atoms with Crippen molar-refractivity contribution >= 4 is 11.9 Å². The Labute approximate surface area is 89.6 Å². The number of hydrogen-bond acceptors (Lipinski definition) is 3. The van der Waals surface area contributed by atoms with Crippen molar-refractivity contribution in [1.82, 2.24) is 9.80 Å². The van der Waals surface area contributed by atoms with E-state index in [1.54, 1.807) is 14.0 Å². The number of carbonyl (C=O) groups excluding carboxylic acids is 2. The number of hydrogen-bond donors (Lipinski definition) is 2. The minimum absolute atomic E-state index is 0.103. The van der Waals surface area contributed by atoms with Crippen LogP contribution in [0.25, 0.3) is 0 Å². The Morgan fingerprint density at radius 1 is 1.47 bits per heavy atom. The lowest BCUT2D eigenvalue weighted by atomic mass is 10.3. The van der Waals surface area contributed by atoms with Crippen LogP contribution < -0.4 is 5.73 Å². The van der Waals surface area contributed by atoms with Gasteiger partial charge in [0.25, 0.3) is 0 Å². The van der Waals surface area contributed by atoms with Crippen molar-refractivity contribution in [3.8, 4) is 0 Å². The Morgan fingerprint density at radius 3 is 2.33 bits per heavy atom. The van der Waals surface area contributed by atoms with Crippen LogP contribution in [-0.4, -0.2) is 59.6 Å². The average molecular weight is 217 g/mol. The predicted octanol–water partition coefficient (Wildman–Crippen LogP) is -0.774. The number of aliphatic hydroxyl groups excluding tert-OH is 1. The van der Waals surface area contributed by atoms with Crippen molar-refractivity contribution in [1.29, 1.82) is 0 Å². The third-order valence-electron chi connectivity index (χ3n) is 1.90. The normalized spacial score (nSPS) is 12.0. The van der Waals surface area contributed by atoms with E-state index < -0.39 is 12.0 Å². The third-order valence-corrected chi connectivity index (χ3v) is 1.90. The lowest BCUT2D eigenvalue weighted by Crippen LogP contribution is -2.47. The highest BCUT2D eigenvalue weighted by Gasteiger charge is 2.19. The van der Waals surface area contributed by atoms with Crippen molar-refractivity contribution in [3.05, 3.63) is 0 Å². The van der Waals surface area contributed by atoms with Crippen molar-refractivity contribution < 1.29 is 14.7 Å². The molecule has 0 heterocycles. The van der Waals surface area contributed by atoms with Crippen molar-refractivity contribution in [2.45, 2.75) is 20.0 Å². The molecule has 0 aliphatic carbocycles. The van der Waals surface area contributed by atoms with Crippen molar-refractivity contribution in [3.63, 3.8) is 0 Å². The number of nitrogens with two attached hydrogens (primary N) is 1. The molecule has 0 spiro atoms. The van der Waals surface area contributed by atoms with Crippen LogP contribution in [0.4, 0.5) is 4.79 Å². The Morgan fingerprint density at radius 2 is 2.00 bits per heavy atom. The molecule has 15 heavy (non-hydrogen) atoms. The molecule has 1 atom stereocenters. The first-order valence-corrected chi connectivity index (χ1v) is 4.84. The number of primary amides is 1. The zero-order valence-electron chi connectivity index (χ0n) is 9.43. The molecule has 6 heteroatoms. The summed E-state index contributed by atoms with van der Waals surface area (Å²) in [4.78, 5) is 25.1. The standard InChI is InChI=1S/C9H19N3O3/c1-4-11(3)9(15)12(5-7(2)13)6-8(10)14/h7,13H,4-6H2,1-3H3,(H2,10,14). The average Bonchev–Trinajstić information content (AvgIpc) is 2.13. The van der Waals surface area contributed by atoms with Crippen LogP contribution in [0, 0.1) is 0 Å². The summed E-state index contributed by atoms with van der Waals surface area (Å²) in [6, 6.07) is -0.308. The first kappa shape index (κ1) is 13.7. The van der Waals surface area contributed by atoms with Crippen LogP contribution >= 0.6 is 0 Å². The molecule has 0 fully saturated rings. The molecule has 0 bridgehead atoms. The molecule has 3 N–H and O–H groups in total. The van der Waals surface area contributed by atoms with E-state index in [9.17, 15) is 14.7 Å². The molecule has 0 radical (unpaired) electrons. The van der Waals surface area contributed by atoms with Crippen LogP contribution in [-0.2, 0) is 4.79 Å². The second kappa shape index (κ2) is 6.23. The lowest BCUT2D eigenvalue weighted by molar-refractivity contribution is -0.118. The predicted molar refractivity (Wildman–Crippen MR) is 56.1 cm³/mol. The fourth-order valence-corrected chi connectivity index (χ4v) is 1.09. The van der Waals surface area contributed by atoms with E-state index in [1.165, 1.54) is 9.80 Å². The van der Waals surface area contributed by atoms with Gasteiger partial charge in [-0.15, -0.1) is 0 Å². The van der Waals surface area contributed by atoms with Crippen molar-refractivity contribution in [2.24, 2.45) is 5.73 Å². The summed E-state index contributed by atoms with van der Waals surface area (Å²) in [6.45, 7) is 3.84. The molecular weight excluding hydrogens is 198 g/mol. The summed E-state index contributed by atoms with van der Waals surface area (Å²) in [7, 11) is 1.62. The van der Waals surface area contributed by atoms with E-state index in [0.717, 1.165) is 0 Å². The van der Waals surface area contributed by atoms with Gasteiger partial charge < -0.3 is 20.6 Å². The summed E-state index contributed by atoms with van der Waals surface area (Å²) in [5.41, 5.74) is 5.02. The lowest BCUT2D eigenvalue weighted by Gasteiger charge is -2.27. The van der Waals surface area contributed by atoms with Gasteiger partial charge in [0.1, 0.15) is 6.54 Å². The molecule has 0 saturated heterocycles. The number of carbonyl (C=O) groups is 2. The topological polar surface area (TPSA) is 86.9 Å². The van der Waals surface area contributed by atoms with Crippen LogP contribution in [0.3, 0.4) is 0 Å². The van der Waals surface area contributed by atoms with Gasteiger partial charge in [-0.05, 0) is 13.8 Å². The van der Waals surface area contributed by atoms with Gasteiger partial charge in [-0.2, -0.15) is 0 Å². The number of rotatable bonds is 5. The van der Waals surface area contributed by atoms with Gasteiger partial charge in [0.15, 0.2) is 0 Å². The van der Waals surface area contributed by atoms with Gasteiger partial charge in [0.2, 0.25) is 5.91 Å². The van der Waals surface area contributed by atoms with Crippen LogP contribution in [0.2, 0.25) is 0 Å². The van der Waals surface area contributed by atoms with Crippen molar-refractivity contribution in [2.75, 3.05) is 26.7 Å². The molecule has 0 aromatic heterocycles. The highest BCUT2D eigenvalue weighted by atomic mass is 16.3. The van der Waals surface area contributed by atoms with E-state index in [-0.39, 0.29) is 19.1 Å². The number of aliphatic hydroxyl groups is 1. The fourth-order valence-electron chi connectivity index (χ4n) is 1.09. The summed E-state index contributed by atoms with van der Waals surface area (Å²) < 4.78 is 0. The quantitative estimate of drug-likeness (QED) is 0.633. The Kier molecular flexibility index (Phi) is 5.69. The fraction of sp³-hybridized carbons (Fsp3) is 0.778. The van der Waals surface area contributed by atoms with Crippen LogP contribution in [0.15, 0.2) is 0 Å². The van der Waals surface area contributed by atoms with Gasteiger partial charge in [-0.25, -0.2) is 4.79 Å². The molecule has 0 rings (SSSR count). The molecule has 0 aliphatic rings. The first-order valence-electron chi connectivity index (χ1n) is 4.84. The number of nitrogens with zero attached hydrogens (tertiary/aromatic N) is 2. The maximum atomic E-state index is 11.7. The van der Waals surface area contributed by atoms with Gasteiger partial charge in [-0.3, -0.25) is 4.79 Å². The molecule has 3 amide bonds. The van der Waals surface area contributed by atoms with Gasteiger partial charge in [0.05, 0.1) is 6.10 Å². The minimum Gasteiger partial charge on any atom is -0.392 e. The molecule has 6 nitrogen and oxygen atoms in total. The summed E-state index contributed by atoms with van der Waals surface area (Å²) in [5.74, 6) is -0.589. The van der Waals surface area contributed by atoms with Crippen LogP contribution in [0.5, 0.6) is 0 Å². The maximum Gasteiger partial charge on any atom is 0.320 e.